The molecule has 176 valence electrons. The topological polar surface area (TPSA) is 26.3 Å². The molecule has 32 heavy (non-hydrogen) atoms. The minimum atomic E-state index is -0.193. The van der Waals surface area contributed by atoms with Gasteiger partial charge in [-0.2, -0.15) is 0 Å². The lowest BCUT2D eigenvalue weighted by Crippen LogP contribution is -2.15. The maximum Gasteiger partial charge on any atom is 0.338 e. The van der Waals surface area contributed by atoms with Crippen LogP contribution in [0.25, 0.3) is 11.1 Å². The summed E-state index contributed by atoms with van der Waals surface area (Å²) >= 11 is 0. The third-order valence-corrected chi connectivity index (χ3v) is 6.39. The lowest BCUT2D eigenvalue weighted by molar-refractivity contribution is 0.0422. The minimum Gasteiger partial charge on any atom is -0.462 e. The number of rotatable bonds is 16. The summed E-state index contributed by atoms with van der Waals surface area (Å²) in [4.78, 5) is 12.6. The van der Waals surface area contributed by atoms with E-state index < -0.39 is 0 Å². The van der Waals surface area contributed by atoms with Crippen LogP contribution in [0.3, 0.4) is 0 Å². The van der Waals surface area contributed by atoms with Crippen molar-refractivity contribution in [2.45, 2.75) is 97.8 Å². The predicted molar refractivity (Wildman–Crippen MR) is 137 cm³/mol. The van der Waals surface area contributed by atoms with Gasteiger partial charge < -0.3 is 4.74 Å². The van der Waals surface area contributed by atoms with Gasteiger partial charge >= 0.3 is 5.97 Å². The Morgan fingerprint density at radius 1 is 0.688 bits per heavy atom. The van der Waals surface area contributed by atoms with Crippen molar-refractivity contribution in [1.82, 2.24) is 0 Å². The summed E-state index contributed by atoms with van der Waals surface area (Å²) in [6.07, 6.45) is 15.3. The summed E-state index contributed by atoms with van der Waals surface area (Å²) in [5.74, 6) is 0.302. The van der Waals surface area contributed by atoms with Crippen molar-refractivity contribution in [2.75, 3.05) is 6.61 Å². The van der Waals surface area contributed by atoms with Crippen LogP contribution in [0, 0.1) is 12.8 Å². The summed E-state index contributed by atoms with van der Waals surface area (Å²) in [6.45, 7) is 7.16. The molecule has 0 aliphatic carbocycles. The average molecular weight is 437 g/mol. The van der Waals surface area contributed by atoms with Gasteiger partial charge in [-0.05, 0) is 48.9 Å². The number of ether oxygens (including phenoxy) is 1. The largest absolute Gasteiger partial charge is 0.462 e. The lowest BCUT2D eigenvalue weighted by atomic mass is 9.95. The van der Waals surface area contributed by atoms with Gasteiger partial charge in [-0.25, -0.2) is 4.79 Å². The van der Waals surface area contributed by atoms with Gasteiger partial charge in [-0.15, -0.1) is 0 Å². The molecule has 0 aliphatic heterocycles. The van der Waals surface area contributed by atoms with Gasteiger partial charge in [-0.1, -0.05) is 120 Å². The highest BCUT2D eigenvalue weighted by Gasteiger charge is 2.14. The molecule has 0 aliphatic rings. The van der Waals surface area contributed by atoms with Crippen LogP contribution in [0.5, 0.6) is 0 Å². The minimum absolute atomic E-state index is 0.193. The molecule has 0 radical (unpaired) electrons. The average Bonchev–Trinajstić information content (AvgIpc) is 2.82. The van der Waals surface area contributed by atoms with Gasteiger partial charge in [0, 0.05) is 0 Å². The molecule has 0 aromatic heterocycles. The Hall–Kier alpha value is -2.09. The Labute approximate surface area is 196 Å². The molecule has 0 saturated carbocycles. The second-order valence-corrected chi connectivity index (χ2v) is 9.31. The third kappa shape index (κ3) is 10.0. The molecule has 0 N–H and O–H groups in total. The van der Waals surface area contributed by atoms with Crippen LogP contribution in [0.2, 0.25) is 0 Å². The Balaban J connectivity index is 1.83. The van der Waals surface area contributed by atoms with E-state index in [2.05, 4.69) is 45.0 Å². The van der Waals surface area contributed by atoms with Crippen molar-refractivity contribution in [2.24, 2.45) is 5.92 Å². The SMILES string of the molecule is CCCCCCCCC(CCCCCC)COC(=O)c1ccc(-c2ccc(C)cc2)cc1. The maximum absolute atomic E-state index is 12.6. The zero-order valence-corrected chi connectivity index (χ0v) is 20.7. The van der Waals surface area contributed by atoms with Crippen molar-refractivity contribution >= 4 is 5.97 Å². The fourth-order valence-electron chi connectivity index (χ4n) is 4.21. The molecule has 0 saturated heterocycles. The molecule has 2 heteroatoms. The summed E-state index contributed by atoms with van der Waals surface area (Å²) < 4.78 is 5.77. The fraction of sp³-hybridized carbons (Fsp3) is 0.567. The lowest BCUT2D eigenvalue weighted by Gasteiger charge is -2.17. The molecule has 0 heterocycles. The molecule has 0 fully saturated rings. The van der Waals surface area contributed by atoms with Gasteiger partial charge in [-0.3, -0.25) is 0 Å². The van der Waals surface area contributed by atoms with Crippen molar-refractivity contribution < 1.29 is 9.53 Å². The standard InChI is InChI=1S/C30H44O2/c1-4-6-8-10-11-13-15-26(14-12-9-7-5-2)24-32-30(31)29-22-20-28(21-23-29)27-18-16-25(3)17-19-27/h16-23,26H,4-15,24H2,1-3H3. The second kappa shape index (κ2) is 15.7. The molecule has 0 amide bonds. The van der Waals surface area contributed by atoms with Crippen molar-refractivity contribution in [3.05, 3.63) is 59.7 Å². The van der Waals surface area contributed by atoms with Crippen LogP contribution in [0.15, 0.2) is 48.5 Å². The first-order valence-electron chi connectivity index (χ1n) is 13.0. The van der Waals surface area contributed by atoms with E-state index in [0.717, 1.165) is 5.56 Å². The van der Waals surface area contributed by atoms with Crippen LogP contribution >= 0.6 is 0 Å². The zero-order valence-electron chi connectivity index (χ0n) is 20.7. The van der Waals surface area contributed by atoms with Crippen LogP contribution in [-0.2, 0) is 4.74 Å². The van der Waals surface area contributed by atoms with Gasteiger partial charge in [0.05, 0.1) is 12.2 Å². The first kappa shape index (κ1) is 26.2. The smallest absolute Gasteiger partial charge is 0.338 e. The van der Waals surface area contributed by atoms with E-state index in [9.17, 15) is 4.79 Å². The summed E-state index contributed by atoms with van der Waals surface area (Å²) in [5, 5.41) is 0. The number of aryl methyl sites for hydroxylation is 1. The molecule has 0 bridgehead atoms. The zero-order chi connectivity index (χ0) is 23.0. The number of carbonyl (C=O) groups excluding carboxylic acids is 1. The highest BCUT2D eigenvalue weighted by molar-refractivity contribution is 5.90. The number of hydrogen-bond donors (Lipinski definition) is 0. The summed E-state index contributed by atoms with van der Waals surface area (Å²) in [6, 6.07) is 16.3. The van der Waals surface area contributed by atoms with Crippen LogP contribution < -0.4 is 0 Å². The Kier molecular flexibility index (Phi) is 12.8. The first-order valence-corrected chi connectivity index (χ1v) is 13.0. The normalized spacial score (nSPS) is 12.0. The van der Waals surface area contributed by atoms with E-state index in [1.165, 1.54) is 88.2 Å². The highest BCUT2D eigenvalue weighted by Crippen LogP contribution is 2.22. The monoisotopic (exact) mass is 436 g/mol. The maximum atomic E-state index is 12.6. The van der Waals surface area contributed by atoms with Gasteiger partial charge in [0.15, 0.2) is 0 Å². The number of esters is 1. The molecular weight excluding hydrogens is 392 g/mol. The van der Waals surface area contributed by atoms with E-state index in [0.29, 0.717) is 18.1 Å². The van der Waals surface area contributed by atoms with E-state index in [-0.39, 0.29) is 5.97 Å². The summed E-state index contributed by atoms with van der Waals surface area (Å²) in [5.41, 5.74) is 4.18. The molecule has 2 nitrogen and oxygen atoms in total. The molecule has 2 rings (SSSR count). The molecule has 0 spiro atoms. The van der Waals surface area contributed by atoms with Crippen LogP contribution in [-0.4, -0.2) is 12.6 Å². The van der Waals surface area contributed by atoms with Gasteiger partial charge in [0.1, 0.15) is 0 Å². The number of hydrogen-bond acceptors (Lipinski definition) is 2. The number of carbonyl (C=O) groups is 1. The highest BCUT2D eigenvalue weighted by atomic mass is 16.5. The Morgan fingerprint density at radius 2 is 1.16 bits per heavy atom. The van der Waals surface area contributed by atoms with E-state index in [1.54, 1.807) is 0 Å². The van der Waals surface area contributed by atoms with Crippen LogP contribution in [0.1, 0.15) is 107 Å². The third-order valence-electron chi connectivity index (χ3n) is 6.39. The van der Waals surface area contributed by atoms with E-state index in [4.69, 9.17) is 4.74 Å². The first-order chi connectivity index (χ1) is 15.6. The predicted octanol–water partition coefficient (Wildman–Crippen LogP) is 9.16. The number of unbranched alkanes of at least 4 members (excludes halogenated alkanes) is 8. The molecule has 1 atom stereocenters. The Bertz CT molecular complexity index is 745. The van der Waals surface area contributed by atoms with Crippen molar-refractivity contribution in [3.8, 4) is 11.1 Å². The van der Waals surface area contributed by atoms with Gasteiger partial charge in [0.25, 0.3) is 0 Å². The van der Waals surface area contributed by atoms with Crippen LogP contribution in [0.4, 0.5) is 0 Å². The molecular formula is C30H44O2. The van der Waals surface area contributed by atoms with Gasteiger partial charge in [0.2, 0.25) is 0 Å². The number of benzene rings is 2. The molecule has 1 unspecified atom stereocenters. The van der Waals surface area contributed by atoms with Crippen molar-refractivity contribution in [1.29, 1.82) is 0 Å². The molecule has 2 aromatic carbocycles. The second-order valence-electron chi connectivity index (χ2n) is 9.31. The Morgan fingerprint density at radius 3 is 1.72 bits per heavy atom. The summed E-state index contributed by atoms with van der Waals surface area (Å²) in [7, 11) is 0. The molecule has 2 aromatic rings. The fourth-order valence-corrected chi connectivity index (χ4v) is 4.21. The quantitative estimate of drug-likeness (QED) is 0.194. The van der Waals surface area contributed by atoms with E-state index in [1.807, 2.05) is 24.3 Å². The van der Waals surface area contributed by atoms with E-state index >= 15 is 0 Å². The van der Waals surface area contributed by atoms with Crippen molar-refractivity contribution in [3.63, 3.8) is 0 Å².